The molecule has 6 heteroatoms. The molecule has 1 aromatic rings. The third-order valence-corrected chi connectivity index (χ3v) is 1.64. The van der Waals surface area contributed by atoms with Crippen LogP contribution in [0.1, 0.15) is 0 Å². The van der Waals surface area contributed by atoms with E-state index in [-0.39, 0.29) is 0 Å². The third-order valence-electron chi connectivity index (χ3n) is 0.621. The summed E-state index contributed by atoms with van der Waals surface area (Å²) in [7, 11) is 0. The Morgan fingerprint density at radius 1 is 1.89 bits per heavy atom. The highest BCUT2D eigenvalue weighted by Crippen LogP contribution is 2.08. The van der Waals surface area contributed by atoms with E-state index < -0.39 is 0 Å². The molecule has 1 amide bonds. The second-order valence-corrected chi connectivity index (χ2v) is 2.85. The lowest BCUT2D eigenvalue weighted by Crippen LogP contribution is -1.91. The second kappa shape index (κ2) is 2.70. The van der Waals surface area contributed by atoms with Gasteiger partial charge in [-0.2, -0.15) is 0 Å². The van der Waals surface area contributed by atoms with Crippen LogP contribution in [0.3, 0.4) is 0 Å². The molecule has 0 unspecified atom stereocenters. The first kappa shape index (κ1) is 6.37. The lowest BCUT2D eigenvalue weighted by Gasteiger charge is -1.81. The van der Waals surface area contributed by atoms with E-state index in [1.165, 1.54) is 11.3 Å². The van der Waals surface area contributed by atoms with Gasteiger partial charge in [0.1, 0.15) is 0 Å². The number of hydrogen-bond acceptors (Lipinski definition) is 4. The van der Waals surface area contributed by atoms with Crippen molar-refractivity contribution >= 4 is 35.1 Å². The van der Waals surface area contributed by atoms with E-state index in [2.05, 4.69) is 15.5 Å². The van der Waals surface area contributed by atoms with Crippen molar-refractivity contribution in [1.29, 1.82) is 0 Å². The van der Waals surface area contributed by atoms with E-state index in [4.69, 9.17) is 12.2 Å². The number of aromatic amines is 1. The number of rotatable bonds is 2. The van der Waals surface area contributed by atoms with Crippen molar-refractivity contribution in [2.24, 2.45) is 0 Å². The minimum absolute atomic E-state index is 0.495. The summed E-state index contributed by atoms with van der Waals surface area (Å²) in [5.41, 5.74) is 0. The van der Waals surface area contributed by atoms with E-state index in [1.807, 2.05) is 0 Å². The van der Waals surface area contributed by atoms with Crippen LogP contribution in [-0.2, 0) is 4.79 Å². The number of carbonyl (C=O) groups is 1. The summed E-state index contributed by atoms with van der Waals surface area (Å²) in [6.07, 6.45) is 0.557. The molecule has 0 aliphatic rings. The van der Waals surface area contributed by atoms with Gasteiger partial charge < -0.3 is 5.32 Å². The van der Waals surface area contributed by atoms with Crippen LogP contribution < -0.4 is 5.32 Å². The predicted molar refractivity (Wildman–Crippen MR) is 37.0 cm³/mol. The van der Waals surface area contributed by atoms with Gasteiger partial charge in [-0.15, -0.1) is 5.10 Å². The van der Waals surface area contributed by atoms with E-state index >= 15 is 0 Å². The van der Waals surface area contributed by atoms with Crippen LogP contribution in [-0.4, -0.2) is 16.6 Å². The summed E-state index contributed by atoms with van der Waals surface area (Å²) in [4.78, 5) is 9.79. The highest BCUT2D eigenvalue weighted by Gasteiger charge is 1.90. The van der Waals surface area contributed by atoms with E-state index in [0.29, 0.717) is 15.5 Å². The molecule has 1 aromatic heterocycles. The summed E-state index contributed by atoms with van der Waals surface area (Å²) in [6.45, 7) is 0. The number of amides is 1. The van der Waals surface area contributed by atoms with Crippen LogP contribution in [0.4, 0.5) is 5.13 Å². The Bertz CT molecular complexity index is 252. The number of nitrogens with one attached hydrogen (secondary N) is 2. The minimum Gasteiger partial charge on any atom is -0.303 e. The number of aromatic nitrogens is 2. The van der Waals surface area contributed by atoms with E-state index in [9.17, 15) is 4.79 Å². The Morgan fingerprint density at radius 2 is 2.67 bits per heavy atom. The van der Waals surface area contributed by atoms with Crippen LogP contribution in [0.25, 0.3) is 0 Å². The normalized spacial score (nSPS) is 8.89. The van der Waals surface area contributed by atoms with Gasteiger partial charge >= 0.3 is 0 Å². The molecular weight excluding hydrogens is 158 g/mol. The maximum atomic E-state index is 9.79. The smallest absolute Gasteiger partial charge is 0.213 e. The molecule has 9 heavy (non-hydrogen) atoms. The van der Waals surface area contributed by atoms with Crippen LogP contribution in [0.5, 0.6) is 0 Å². The average molecular weight is 161 g/mol. The Morgan fingerprint density at radius 3 is 3.11 bits per heavy atom. The zero-order valence-electron chi connectivity index (χ0n) is 4.25. The highest BCUT2D eigenvalue weighted by atomic mass is 32.1. The van der Waals surface area contributed by atoms with Gasteiger partial charge in [-0.3, -0.25) is 9.89 Å². The topological polar surface area (TPSA) is 57.8 Å². The quantitative estimate of drug-likeness (QED) is 0.497. The molecule has 0 saturated carbocycles. The molecule has 0 atom stereocenters. The molecule has 0 fully saturated rings. The van der Waals surface area contributed by atoms with Crippen molar-refractivity contribution < 1.29 is 4.79 Å². The Labute approximate surface area is 59.9 Å². The minimum atomic E-state index is 0.495. The first-order chi connectivity index (χ1) is 4.33. The van der Waals surface area contributed by atoms with Gasteiger partial charge in [-0.1, -0.05) is 11.3 Å². The maximum absolute atomic E-state index is 9.79. The molecule has 0 aliphatic heterocycles. The van der Waals surface area contributed by atoms with Gasteiger partial charge in [-0.25, -0.2) is 0 Å². The van der Waals surface area contributed by atoms with Crippen LogP contribution in [0.2, 0.25) is 0 Å². The number of H-pyrrole nitrogens is 1. The summed E-state index contributed by atoms with van der Waals surface area (Å²) in [5.74, 6) is 0. The number of anilines is 1. The maximum Gasteiger partial charge on any atom is 0.213 e. The van der Waals surface area contributed by atoms with E-state index in [0.717, 1.165) is 0 Å². The highest BCUT2D eigenvalue weighted by molar-refractivity contribution is 7.73. The van der Waals surface area contributed by atoms with Crippen molar-refractivity contribution in [3.05, 3.63) is 3.95 Å². The lowest BCUT2D eigenvalue weighted by molar-refractivity contribution is -0.105. The lowest BCUT2D eigenvalue weighted by atomic mass is 11.1. The Balaban J connectivity index is 2.84. The van der Waals surface area contributed by atoms with Gasteiger partial charge in [0.15, 0.2) is 3.95 Å². The second-order valence-electron chi connectivity index (χ2n) is 1.18. The van der Waals surface area contributed by atoms with Crippen molar-refractivity contribution in [3.8, 4) is 0 Å². The van der Waals surface area contributed by atoms with Crippen LogP contribution >= 0.6 is 23.6 Å². The molecule has 1 heterocycles. The van der Waals surface area contributed by atoms with Crippen molar-refractivity contribution in [2.45, 2.75) is 0 Å². The van der Waals surface area contributed by atoms with Gasteiger partial charge in [0, 0.05) is 0 Å². The molecule has 4 nitrogen and oxygen atoms in total. The number of hydrogen-bond donors (Lipinski definition) is 2. The molecule has 0 aromatic carbocycles. The summed E-state index contributed by atoms with van der Waals surface area (Å²) < 4.78 is 0.555. The molecule has 0 radical (unpaired) electrons. The van der Waals surface area contributed by atoms with Crippen molar-refractivity contribution in [3.63, 3.8) is 0 Å². The SMILES string of the molecule is O=CNc1n[nH]c(=S)s1. The van der Waals surface area contributed by atoms with Gasteiger partial charge in [0.25, 0.3) is 0 Å². The largest absolute Gasteiger partial charge is 0.303 e. The monoisotopic (exact) mass is 161 g/mol. The molecule has 1 rings (SSSR count). The Hall–Kier alpha value is -0.750. The number of carbonyl (C=O) groups excluding carboxylic acids is 1. The molecule has 0 saturated heterocycles. The van der Waals surface area contributed by atoms with Gasteiger partial charge in [0.2, 0.25) is 11.5 Å². The van der Waals surface area contributed by atoms with Crippen molar-refractivity contribution in [2.75, 3.05) is 5.32 Å². The van der Waals surface area contributed by atoms with Crippen LogP contribution in [0, 0.1) is 3.95 Å². The molecule has 2 N–H and O–H groups in total. The molecular formula is C3H3N3OS2. The molecule has 0 bridgehead atoms. The third kappa shape index (κ3) is 1.58. The van der Waals surface area contributed by atoms with Gasteiger partial charge in [0.05, 0.1) is 0 Å². The van der Waals surface area contributed by atoms with Crippen LogP contribution in [0.15, 0.2) is 0 Å². The fourth-order valence-corrected chi connectivity index (χ4v) is 1.09. The number of nitrogens with zero attached hydrogens (tertiary/aromatic N) is 1. The predicted octanol–water partition coefficient (Wildman–Crippen LogP) is 0.769. The molecule has 0 spiro atoms. The summed E-state index contributed by atoms with van der Waals surface area (Å²) in [5, 5.41) is 9.02. The zero-order chi connectivity index (χ0) is 6.69. The van der Waals surface area contributed by atoms with Crippen molar-refractivity contribution in [1.82, 2.24) is 10.2 Å². The Kier molecular flexibility index (Phi) is 1.91. The average Bonchev–Trinajstić information content (AvgIpc) is 2.17. The van der Waals surface area contributed by atoms with E-state index in [1.54, 1.807) is 0 Å². The molecule has 48 valence electrons. The zero-order valence-corrected chi connectivity index (χ0v) is 5.88. The first-order valence-corrected chi connectivity index (χ1v) is 3.31. The van der Waals surface area contributed by atoms with Gasteiger partial charge in [-0.05, 0) is 12.2 Å². The standard InChI is InChI=1S/C3H3N3OS2/c7-1-4-2-5-6-3(8)9-2/h1H,(H,6,8)(H,4,5,7). The summed E-state index contributed by atoms with van der Waals surface area (Å²) >= 11 is 5.91. The molecule has 0 aliphatic carbocycles. The summed E-state index contributed by atoms with van der Waals surface area (Å²) in [6, 6.07) is 0. The fourth-order valence-electron chi connectivity index (χ4n) is 0.342. The fraction of sp³-hybridized carbons (Fsp3) is 0. The first-order valence-electron chi connectivity index (χ1n) is 2.08.